The summed E-state index contributed by atoms with van der Waals surface area (Å²) < 4.78 is 18.9. The van der Waals surface area contributed by atoms with Gasteiger partial charge >= 0.3 is 0 Å². The lowest BCUT2D eigenvalue weighted by molar-refractivity contribution is -0.121. The van der Waals surface area contributed by atoms with E-state index >= 15 is 4.39 Å². The van der Waals surface area contributed by atoms with E-state index in [-0.39, 0.29) is 11.7 Å². The molecule has 0 unspecified atom stereocenters. The van der Waals surface area contributed by atoms with Gasteiger partial charge in [-0.2, -0.15) is 10.2 Å². The molecule has 8 heteroatoms. The number of halogens is 1. The van der Waals surface area contributed by atoms with Crippen molar-refractivity contribution in [3.05, 3.63) is 66.2 Å². The van der Waals surface area contributed by atoms with Crippen molar-refractivity contribution in [3.63, 3.8) is 0 Å². The Morgan fingerprint density at radius 3 is 2.65 bits per heavy atom. The van der Waals surface area contributed by atoms with Crippen LogP contribution in [0.2, 0.25) is 0 Å². The maximum absolute atomic E-state index is 15.3. The molecular weight excluding hydrogens is 467 g/mol. The number of pyridine rings is 1. The zero-order chi connectivity index (χ0) is 25.4. The number of nitrogens with zero attached hydrogens (tertiary/aromatic N) is 6. The van der Waals surface area contributed by atoms with Gasteiger partial charge < -0.3 is 4.90 Å². The number of benzene rings is 2. The first-order valence-electron chi connectivity index (χ1n) is 12.7. The molecule has 7 rings (SSSR count). The lowest BCUT2D eigenvalue weighted by atomic mass is 9.91. The molecule has 0 amide bonds. The summed E-state index contributed by atoms with van der Waals surface area (Å²) in [5, 5.41) is 11.0. The van der Waals surface area contributed by atoms with Gasteiger partial charge in [-0.15, -0.1) is 0 Å². The molecule has 2 bridgehead atoms. The van der Waals surface area contributed by atoms with Crippen LogP contribution in [0.25, 0.3) is 38.8 Å². The largest absolute Gasteiger partial charge is 0.353 e. The zero-order valence-corrected chi connectivity index (χ0v) is 21.0. The van der Waals surface area contributed by atoms with E-state index < -0.39 is 0 Å². The fraction of sp³-hybridized carbons (Fsp3) is 0.310. The first-order chi connectivity index (χ1) is 17.9. The molecule has 1 saturated heterocycles. The molecule has 5 aromatic rings. The van der Waals surface area contributed by atoms with Gasteiger partial charge in [0.25, 0.3) is 0 Å². The number of anilines is 1. The summed E-state index contributed by atoms with van der Waals surface area (Å²) in [6.07, 6.45) is 5.66. The summed E-state index contributed by atoms with van der Waals surface area (Å²) in [6, 6.07) is 13.6. The van der Waals surface area contributed by atoms with E-state index in [9.17, 15) is 4.79 Å². The standard InChI is InChI=1S/C29H27FN6O/c1-16-5-4-6-21-28(27-23-15-34(3)32-25(23)9-8-24(27)30)33-36(29(16)21)19-7-10-26(31-13-19)35-14-18-11-20(35)12-22(18)17(2)37/h4-10,13,15,18,20,22H,11-12,14H2,1-3H3/t18-,20-,22-/m1/s1. The Hall–Kier alpha value is -4.07. The van der Waals surface area contributed by atoms with E-state index in [2.05, 4.69) is 10.00 Å². The summed E-state index contributed by atoms with van der Waals surface area (Å²) in [7, 11) is 1.84. The summed E-state index contributed by atoms with van der Waals surface area (Å²) in [5.74, 6) is 1.54. The van der Waals surface area contributed by atoms with Crippen molar-refractivity contribution in [2.24, 2.45) is 18.9 Å². The SMILES string of the molecule is CC(=O)[C@H]1C[C@H]2C[C@@H]1CN2c1ccc(-n2nc(-c3c(F)ccc4nn(C)cc34)c3cccc(C)c32)cn1. The molecule has 3 atom stereocenters. The van der Waals surface area contributed by atoms with Crippen LogP contribution in [0, 0.1) is 24.6 Å². The Morgan fingerprint density at radius 1 is 1.05 bits per heavy atom. The number of para-hydroxylation sites is 1. The third-order valence-electron chi connectivity index (χ3n) is 8.23. The highest BCUT2D eigenvalue weighted by atomic mass is 19.1. The van der Waals surface area contributed by atoms with Crippen LogP contribution in [-0.4, -0.2) is 42.9 Å². The molecule has 7 nitrogen and oxygen atoms in total. The molecule has 2 aliphatic rings. The zero-order valence-electron chi connectivity index (χ0n) is 21.0. The number of aryl methyl sites for hydroxylation is 2. The van der Waals surface area contributed by atoms with Crippen LogP contribution in [0.4, 0.5) is 10.2 Å². The van der Waals surface area contributed by atoms with Gasteiger partial charge in [0.1, 0.15) is 23.1 Å². The minimum Gasteiger partial charge on any atom is -0.353 e. The van der Waals surface area contributed by atoms with Crippen molar-refractivity contribution in [1.82, 2.24) is 24.5 Å². The van der Waals surface area contributed by atoms with E-state index in [0.717, 1.165) is 58.3 Å². The molecule has 0 N–H and O–H groups in total. The van der Waals surface area contributed by atoms with Crippen molar-refractivity contribution in [3.8, 4) is 16.9 Å². The lowest BCUT2D eigenvalue weighted by Gasteiger charge is -2.31. The van der Waals surface area contributed by atoms with Crippen molar-refractivity contribution in [2.45, 2.75) is 32.7 Å². The predicted octanol–water partition coefficient (Wildman–Crippen LogP) is 5.23. The fourth-order valence-electron chi connectivity index (χ4n) is 6.54. The van der Waals surface area contributed by atoms with Gasteiger partial charge in [-0.25, -0.2) is 14.1 Å². The van der Waals surface area contributed by atoms with Crippen molar-refractivity contribution in [1.29, 1.82) is 0 Å². The molecule has 2 fully saturated rings. The molecule has 1 aliphatic heterocycles. The number of piperidine rings is 1. The highest BCUT2D eigenvalue weighted by molar-refractivity contribution is 6.03. The molecule has 1 saturated carbocycles. The van der Waals surface area contributed by atoms with Crippen LogP contribution >= 0.6 is 0 Å². The average molecular weight is 495 g/mol. The van der Waals surface area contributed by atoms with Gasteiger partial charge in [-0.1, -0.05) is 18.2 Å². The summed E-state index contributed by atoms with van der Waals surface area (Å²) in [4.78, 5) is 19.1. The quantitative estimate of drug-likeness (QED) is 0.342. The van der Waals surface area contributed by atoms with E-state index in [4.69, 9.17) is 10.1 Å². The van der Waals surface area contributed by atoms with Gasteiger partial charge in [0.05, 0.1) is 22.9 Å². The van der Waals surface area contributed by atoms with E-state index in [1.54, 1.807) is 17.7 Å². The average Bonchev–Trinajstić information content (AvgIpc) is 3.66. The van der Waals surface area contributed by atoms with E-state index in [1.165, 1.54) is 6.07 Å². The maximum Gasteiger partial charge on any atom is 0.133 e. The molecule has 37 heavy (non-hydrogen) atoms. The molecule has 186 valence electrons. The van der Waals surface area contributed by atoms with E-state index in [0.29, 0.717) is 29.0 Å². The number of Topliss-reactive ketones (excluding diaryl/α,β-unsaturated/α-hetero) is 1. The van der Waals surface area contributed by atoms with Crippen LogP contribution < -0.4 is 4.90 Å². The second-order valence-electron chi connectivity index (χ2n) is 10.5. The Labute approximate surface area is 213 Å². The minimum absolute atomic E-state index is 0.196. The van der Waals surface area contributed by atoms with Gasteiger partial charge in [0.2, 0.25) is 0 Å². The Morgan fingerprint density at radius 2 is 1.92 bits per heavy atom. The van der Waals surface area contributed by atoms with Crippen molar-refractivity contribution >= 4 is 33.4 Å². The van der Waals surface area contributed by atoms with Gasteiger partial charge in [0, 0.05) is 48.1 Å². The smallest absolute Gasteiger partial charge is 0.133 e. The number of hydrogen-bond acceptors (Lipinski definition) is 5. The Kier molecular flexibility index (Phi) is 4.77. The first kappa shape index (κ1) is 22.2. The molecular formula is C29H27FN6O. The van der Waals surface area contributed by atoms with Gasteiger partial charge in [-0.3, -0.25) is 9.48 Å². The highest BCUT2D eigenvalue weighted by Gasteiger charge is 2.46. The van der Waals surface area contributed by atoms with Crippen molar-refractivity contribution < 1.29 is 9.18 Å². The maximum atomic E-state index is 15.3. The van der Waals surface area contributed by atoms with Crippen LogP contribution in [0.1, 0.15) is 25.3 Å². The minimum atomic E-state index is -0.324. The van der Waals surface area contributed by atoms with E-state index in [1.807, 2.05) is 61.4 Å². The number of carbonyl (C=O) groups excluding carboxylic acids is 1. The van der Waals surface area contributed by atoms with Gasteiger partial charge in [-0.05, 0) is 62.4 Å². The molecule has 3 aromatic heterocycles. The highest BCUT2D eigenvalue weighted by Crippen LogP contribution is 2.44. The summed E-state index contributed by atoms with van der Waals surface area (Å²) in [5.41, 5.74) is 4.57. The number of fused-ring (bicyclic) bond motifs is 4. The molecule has 0 spiro atoms. The lowest BCUT2D eigenvalue weighted by Crippen LogP contribution is -2.37. The number of rotatable bonds is 4. The number of hydrogen-bond donors (Lipinski definition) is 0. The van der Waals surface area contributed by atoms with Crippen LogP contribution in [-0.2, 0) is 11.8 Å². The first-order valence-corrected chi connectivity index (χ1v) is 12.7. The fourth-order valence-corrected chi connectivity index (χ4v) is 6.54. The predicted molar refractivity (Wildman–Crippen MR) is 141 cm³/mol. The summed E-state index contributed by atoms with van der Waals surface area (Å²) >= 11 is 0. The second kappa shape index (κ2) is 7.96. The monoisotopic (exact) mass is 494 g/mol. The molecule has 4 heterocycles. The Balaban J connectivity index is 1.31. The van der Waals surface area contributed by atoms with Gasteiger partial charge in [0.15, 0.2) is 0 Å². The third-order valence-corrected chi connectivity index (χ3v) is 8.23. The summed E-state index contributed by atoms with van der Waals surface area (Å²) in [6.45, 7) is 4.64. The third kappa shape index (κ3) is 3.31. The number of carbonyl (C=O) groups is 1. The second-order valence-corrected chi connectivity index (χ2v) is 10.5. The number of aromatic nitrogens is 5. The van der Waals surface area contributed by atoms with Crippen LogP contribution in [0.15, 0.2) is 54.9 Å². The molecule has 2 aromatic carbocycles. The topological polar surface area (TPSA) is 68.8 Å². The Bertz CT molecular complexity index is 1700. The van der Waals surface area contributed by atoms with Crippen LogP contribution in [0.3, 0.4) is 0 Å². The van der Waals surface area contributed by atoms with Crippen molar-refractivity contribution in [2.75, 3.05) is 11.4 Å². The molecule has 0 radical (unpaired) electrons. The van der Waals surface area contributed by atoms with Crippen LogP contribution in [0.5, 0.6) is 0 Å². The normalized spacial score (nSPS) is 21.0. The molecule has 1 aliphatic carbocycles. The number of ketones is 1.